The van der Waals surface area contributed by atoms with E-state index in [9.17, 15) is 18.0 Å². The van der Waals surface area contributed by atoms with E-state index in [0.29, 0.717) is 12.8 Å². The van der Waals surface area contributed by atoms with E-state index in [-0.39, 0.29) is 35.8 Å². The average Bonchev–Trinajstić information content (AvgIpc) is 3.13. The second-order valence-electron chi connectivity index (χ2n) is 7.13. The number of nitrogens with zero attached hydrogens (tertiary/aromatic N) is 3. The van der Waals surface area contributed by atoms with E-state index in [2.05, 4.69) is 0 Å². The number of hydrogen-bond acceptors (Lipinski definition) is 5. The van der Waals surface area contributed by atoms with Crippen LogP contribution in [0.15, 0.2) is 24.3 Å². The van der Waals surface area contributed by atoms with Crippen LogP contribution in [0.4, 0.5) is 5.69 Å². The van der Waals surface area contributed by atoms with Crippen molar-refractivity contribution in [3.8, 4) is 0 Å². The Morgan fingerprint density at radius 1 is 1.23 bits per heavy atom. The molecule has 2 aliphatic heterocycles. The van der Waals surface area contributed by atoms with Crippen LogP contribution in [-0.4, -0.2) is 68.4 Å². The van der Waals surface area contributed by atoms with Gasteiger partial charge < -0.3 is 4.90 Å². The van der Waals surface area contributed by atoms with E-state index in [4.69, 9.17) is 0 Å². The molecule has 0 aromatic heterocycles. The van der Waals surface area contributed by atoms with Crippen LogP contribution in [0.3, 0.4) is 0 Å². The fourth-order valence-corrected chi connectivity index (χ4v) is 5.38. The number of rotatable bonds is 5. The highest BCUT2D eigenvalue weighted by atomic mass is 32.2. The van der Waals surface area contributed by atoms with Crippen molar-refractivity contribution in [3.05, 3.63) is 29.8 Å². The maximum absolute atomic E-state index is 12.8. The first-order valence-electron chi connectivity index (χ1n) is 8.86. The molecule has 26 heavy (non-hydrogen) atoms. The molecule has 1 aromatic rings. The van der Waals surface area contributed by atoms with Gasteiger partial charge in [0.25, 0.3) is 0 Å². The summed E-state index contributed by atoms with van der Waals surface area (Å²) < 4.78 is 23.5. The molecule has 2 heterocycles. The molecule has 0 N–H and O–H groups in total. The van der Waals surface area contributed by atoms with Gasteiger partial charge in [0.05, 0.1) is 24.0 Å². The summed E-state index contributed by atoms with van der Waals surface area (Å²) >= 11 is 0. The van der Waals surface area contributed by atoms with Gasteiger partial charge in [0.1, 0.15) is 0 Å². The van der Waals surface area contributed by atoms with Crippen molar-refractivity contribution in [1.29, 1.82) is 0 Å². The predicted octanol–water partition coefficient (Wildman–Crippen LogP) is 0.848. The van der Waals surface area contributed by atoms with Crippen molar-refractivity contribution in [3.63, 3.8) is 0 Å². The molecular formula is C18H25N3O4S. The maximum atomic E-state index is 12.8. The van der Waals surface area contributed by atoms with Crippen LogP contribution in [0.1, 0.15) is 24.8 Å². The molecule has 0 saturated carbocycles. The van der Waals surface area contributed by atoms with Crippen LogP contribution in [0.2, 0.25) is 0 Å². The van der Waals surface area contributed by atoms with Gasteiger partial charge in [-0.15, -0.1) is 0 Å². The van der Waals surface area contributed by atoms with E-state index in [1.807, 2.05) is 24.3 Å². The molecule has 142 valence electrons. The van der Waals surface area contributed by atoms with Crippen LogP contribution >= 0.6 is 0 Å². The third-order valence-electron chi connectivity index (χ3n) is 4.92. The first-order valence-corrected chi connectivity index (χ1v) is 10.7. The quantitative estimate of drug-likeness (QED) is 0.709. The normalized spacial score (nSPS) is 22.2. The van der Waals surface area contributed by atoms with Crippen LogP contribution in [0, 0.1) is 0 Å². The van der Waals surface area contributed by atoms with Crippen molar-refractivity contribution in [2.75, 3.05) is 37.0 Å². The topological polar surface area (TPSA) is 78.0 Å². The Morgan fingerprint density at radius 3 is 2.42 bits per heavy atom. The minimum Gasteiger partial charge on any atom is -0.312 e. The van der Waals surface area contributed by atoms with Gasteiger partial charge in [0.2, 0.25) is 11.8 Å². The zero-order valence-corrected chi connectivity index (χ0v) is 16.0. The molecule has 0 unspecified atom stereocenters. The summed E-state index contributed by atoms with van der Waals surface area (Å²) in [5.74, 6) is 0.165. The molecule has 8 heteroatoms. The Hall–Kier alpha value is -1.93. The van der Waals surface area contributed by atoms with Crippen LogP contribution in [0.25, 0.3) is 0 Å². The molecule has 0 radical (unpaired) electrons. The maximum Gasteiger partial charge on any atom is 0.241 e. The number of hydrazine groups is 1. The number of carbonyl (C=O) groups excluding carboxylic acids is 2. The fourth-order valence-electron chi connectivity index (χ4n) is 3.69. The summed E-state index contributed by atoms with van der Waals surface area (Å²) in [5.41, 5.74) is 1.70. The number of benzene rings is 1. The van der Waals surface area contributed by atoms with Gasteiger partial charge in [0.15, 0.2) is 9.84 Å². The Labute approximate surface area is 154 Å². The second-order valence-corrected chi connectivity index (χ2v) is 9.36. The van der Waals surface area contributed by atoms with Gasteiger partial charge in [-0.2, -0.15) is 0 Å². The molecule has 1 atom stereocenters. The van der Waals surface area contributed by atoms with Crippen molar-refractivity contribution in [2.24, 2.45) is 0 Å². The molecule has 0 aliphatic carbocycles. The molecule has 2 aliphatic rings. The van der Waals surface area contributed by atoms with Crippen LogP contribution in [-0.2, 0) is 25.8 Å². The molecule has 1 aromatic carbocycles. The average molecular weight is 379 g/mol. The number of hydrogen-bond donors (Lipinski definition) is 0. The zero-order valence-electron chi connectivity index (χ0n) is 15.2. The summed E-state index contributed by atoms with van der Waals surface area (Å²) in [7, 11) is 0.451. The van der Waals surface area contributed by atoms with Crippen LogP contribution < -0.4 is 4.90 Å². The predicted molar refractivity (Wildman–Crippen MR) is 99.3 cm³/mol. The van der Waals surface area contributed by atoms with Gasteiger partial charge >= 0.3 is 0 Å². The first kappa shape index (κ1) is 18.8. The van der Waals surface area contributed by atoms with E-state index in [1.54, 1.807) is 29.0 Å². The molecule has 0 spiro atoms. The SMILES string of the molecule is CN(C)N(C(=O)Cc1ccc(N2CCCC2=O)cc1)[C@@H]1CCS(=O)(=O)C1. The Bertz CT molecular complexity index is 789. The standard InChI is InChI=1S/C18H25N3O4S/c1-19(2)21(16-9-11-26(24,25)13-16)18(23)12-14-5-7-15(8-6-14)20-10-3-4-17(20)22/h5-8,16H,3-4,9-13H2,1-2H3/t16-/m1/s1. The smallest absolute Gasteiger partial charge is 0.241 e. The van der Waals surface area contributed by atoms with Gasteiger partial charge in [-0.05, 0) is 30.5 Å². The lowest BCUT2D eigenvalue weighted by atomic mass is 10.1. The summed E-state index contributed by atoms with van der Waals surface area (Å²) in [6.07, 6.45) is 2.13. The summed E-state index contributed by atoms with van der Waals surface area (Å²) in [6, 6.07) is 7.15. The highest BCUT2D eigenvalue weighted by molar-refractivity contribution is 7.91. The third-order valence-corrected chi connectivity index (χ3v) is 6.67. The van der Waals surface area contributed by atoms with Crippen molar-refractivity contribution in [1.82, 2.24) is 10.0 Å². The van der Waals surface area contributed by atoms with E-state index >= 15 is 0 Å². The van der Waals surface area contributed by atoms with Gasteiger partial charge in [-0.3, -0.25) is 14.6 Å². The summed E-state index contributed by atoms with van der Waals surface area (Å²) in [6.45, 7) is 0.738. The van der Waals surface area contributed by atoms with Crippen molar-refractivity contribution < 1.29 is 18.0 Å². The minimum absolute atomic E-state index is 0.0208. The largest absolute Gasteiger partial charge is 0.312 e. The fraction of sp³-hybridized carbons (Fsp3) is 0.556. The summed E-state index contributed by atoms with van der Waals surface area (Å²) in [5, 5.41) is 3.23. The van der Waals surface area contributed by atoms with Gasteiger partial charge in [-0.25, -0.2) is 13.4 Å². The van der Waals surface area contributed by atoms with Gasteiger partial charge in [-0.1, -0.05) is 12.1 Å². The number of anilines is 1. The monoisotopic (exact) mass is 379 g/mol. The molecule has 3 rings (SSSR count). The second kappa shape index (κ2) is 7.36. The molecule has 2 saturated heterocycles. The van der Waals surface area contributed by atoms with Crippen molar-refractivity contribution in [2.45, 2.75) is 31.7 Å². The number of sulfone groups is 1. The summed E-state index contributed by atoms with van der Waals surface area (Å²) in [4.78, 5) is 26.3. The van der Waals surface area contributed by atoms with Gasteiger partial charge in [0, 0.05) is 32.7 Å². The molecule has 2 amide bonds. The zero-order chi connectivity index (χ0) is 18.9. The minimum atomic E-state index is -3.06. The molecular weight excluding hydrogens is 354 g/mol. The lowest BCUT2D eigenvalue weighted by Gasteiger charge is -2.33. The Balaban J connectivity index is 1.68. The lowest BCUT2D eigenvalue weighted by molar-refractivity contribution is -0.148. The molecule has 7 nitrogen and oxygen atoms in total. The first-order chi connectivity index (χ1) is 12.3. The lowest BCUT2D eigenvalue weighted by Crippen LogP contribution is -2.49. The Morgan fingerprint density at radius 2 is 1.92 bits per heavy atom. The third kappa shape index (κ3) is 4.07. The van der Waals surface area contributed by atoms with E-state index in [0.717, 1.165) is 24.2 Å². The number of amides is 2. The Kier molecular flexibility index (Phi) is 5.34. The molecule has 2 fully saturated rings. The van der Waals surface area contributed by atoms with E-state index in [1.165, 1.54) is 0 Å². The van der Waals surface area contributed by atoms with Crippen molar-refractivity contribution >= 4 is 27.3 Å². The number of carbonyl (C=O) groups is 2. The highest BCUT2D eigenvalue weighted by Gasteiger charge is 2.35. The highest BCUT2D eigenvalue weighted by Crippen LogP contribution is 2.23. The van der Waals surface area contributed by atoms with Crippen LogP contribution in [0.5, 0.6) is 0 Å². The molecule has 0 bridgehead atoms. The van der Waals surface area contributed by atoms with E-state index < -0.39 is 9.84 Å².